The van der Waals surface area contributed by atoms with Crippen LogP contribution in [0.3, 0.4) is 0 Å². The van der Waals surface area contributed by atoms with Gasteiger partial charge in [-0.2, -0.15) is 0 Å². The number of aryl methyl sites for hydroxylation is 2. The molecule has 0 radical (unpaired) electrons. The summed E-state index contributed by atoms with van der Waals surface area (Å²) in [6, 6.07) is 63.6. The number of hydrogen-bond acceptors (Lipinski definition) is 2. The van der Waals surface area contributed by atoms with E-state index in [1.165, 1.54) is 101 Å². The summed E-state index contributed by atoms with van der Waals surface area (Å²) in [6.07, 6.45) is 0. The van der Waals surface area contributed by atoms with Crippen LogP contribution < -0.4 is 9.80 Å². The summed E-state index contributed by atoms with van der Waals surface area (Å²) in [5.74, 6) is 0. The second kappa shape index (κ2) is 13.2. The van der Waals surface area contributed by atoms with Crippen LogP contribution in [0.2, 0.25) is 0 Å². The van der Waals surface area contributed by atoms with Crippen LogP contribution in [0.25, 0.3) is 33.4 Å². The van der Waals surface area contributed by atoms with Crippen molar-refractivity contribution in [3.05, 3.63) is 214 Å². The van der Waals surface area contributed by atoms with Gasteiger partial charge in [-0.1, -0.05) is 151 Å². The molecule has 0 amide bonds. The van der Waals surface area contributed by atoms with E-state index in [0.29, 0.717) is 0 Å². The van der Waals surface area contributed by atoms with Crippen LogP contribution in [0.1, 0.15) is 86.1 Å². The molecule has 8 aromatic rings. The van der Waals surface area contributed by atoms with Gasteiger partial charge in [-0.05, 0) is 152 Å². The van der Waals surface area contributed by atoms with E-state index in [4.69, 9.17) is 0 Å². The molecule has 0 aliphatic heterocycles. The molecule has 3 aliphatic rings. The second-order valence-electron chi connectivity index (χ2n) is 19.1. The Balaban J connectivity index is 1.13. The summed E-state index contributed by atoms with van der Waals surface area (Å²) in [7, 11) is 0. The van der Waals surface area contributed by atoms with Crippen molar-refractivity contribution >= 4 is 34.1 Å². The molecule has 2 nitrogen and oxygen atoms in total. The van der Waals surface area contributed by atoms with Gasteiger partial charge in [-0.15, -0.1) is 0 Å². The fourth-order valence-electron chi connectivity index (χ4n) is 11.5. The van der Waals surface area contributed by atoms with Crippen LogP contribution >= 0.6 is 0 Å². The zero-order valence-corrected chi connectivity index (χ0v) is 36.6. The van der Waals surface area contributed by atoms with Crippen molar-refractivity contribution in [2.75, 3.05) is 9.80 Å². The van der Waals surface area contributed by atoms with Gasteiger partial charge < -0.3 is 9.80 Å². The number of hydrogen-bond donors (Lipinski definition) is 0. The van der Waals surface area contributed by atoms with Gasteiger partial charge in [0.05, 0.1) is 11.4 Å². The Labute approximate surface area is 361 Å². The molecule has 2 heteroatoms. The van der Waals surface area contributed by atoms with Crippen molar-refractivity contribution < 1.29 is 0 Å². The third-order valence-corrected chi connectivity index (χ3v) is 14.4. The van der Waals surface area contributed by atoms with Crippen molar-refractivity contribution in [2.24, 2.45) is 0 Å². The van der Waals surface area contributed by atoms with Crippen LogP contribution in [0, 0.1) is 13.8 Å². The average Bonchev–Trinajstić information content (AvgIpc) is 3.77. The minimum Gasteiger partial charge on any atom is -0.310 e. The first-order valence-corrected chi connectivity index (χ1v) is 21.9. The van der Waals surface area contributed by atoms with Gasteiger partial charge in [0.2, 0.25) is 0 Å². The van der Waals surface area contributed by atoms with Gasteiger partial charge in [0, 0.05) is 39.0 Å². The molecule has 0 saturated heterocycles. The van der Waals surface area contributed by atoms with E-state index < -0.39 is 0 Å². The minimum absolute atomic E-state index is 0.114. The van der Waals surface area contributed by atoms with Crippen molar-refractivity contribution in [3.8, 4) is 33.4 Å². The predicted molar refractivity (Wildman–Crippen MR) is 258 cm³/mol. The maximum Gasteiger partial charge on any atom is 0.0508 e. The molecular weight excluding hydrogens is 737 g/mol. The van der Waals surface area contributed by atoms with E-state index in [2.05, 4.69) is 235 Å². The van der Waals surface area contributed by atoms with E-state index in [1.807, 2.05) is 0 Å². The number of para-hydroxylation sites is 2. The number of rotatable bonds is 6. The van der Waals surface area contributed by atoms with Gasteiger partial charge in [-0.3, -0.25) is 0 Å². The lowest BCUT2D eigenvalue weighted by molar-refractivity contribution is 0.658. The molecule has 0 bridgehead atoms. The largest absolute Gasteiger partial charge is 0.310 e. The zero-order chi connectivity index (χ0) is 42.0. The molecule has 0 N–H and O–H groups in total. The molecule has 0 spiro atoms. The normalized spacial score (nSPS) is 15.3. The lowest BCUT2D eigenvalue weighted by Gasteiger charge is -2.35. The minimum atomic E-state index is -0.369. The second-order valence-corrected chi connectivity index (χ2v) is 19.1. The maximum absolute atomic E-state index is 2.52. The van der Waals surface area contributed by atoms with E-state index in [-0.39, 0.29) is 16.2 Å². The van der Waals surface area contributed by atoms with Crippen LogP contribution in [-0.4, -0.2) is 0 Å². The van der Waals surface area contributed by atoms with Crippen LogP contribution in [-0.2, 0) is 16.2 Å². The Bertz CT molecular complexity index is 2870. The van der Waals surface area contributed by atoms with Crippen molar-refractivity contribution in [3.63, 3.8) is 0 Å². The number of nitrogens with zero attached hydrogens (tertiary/aromatic N) is 2. The molecule has 11 rings (SSSR count). The Morgan fingerprint density at radius 1 is 0.311 bits per heavy atom. The van der Waals surface area contributed by atoms with Gasteiger partial charge in [0.15, 0.2) is 0 Å². The highest BCUT2D eigenvalue weighted by Crippen LogP contribution is 2.61. The van der Waals surface area contributed by atoms with Gasteiger partial charge in [-0.25, -0.2) is 0 Å². The lowest BCUT2D eigenvalue weighted by Crippen LogP contribution is -2.24. The quantitative estimate of drug-likeness (QED) is 0.166. The molecule has 298 valence electrons. The highest BCUT2D eigenvalue weighted by atomic mass is 15.2. The summed E-state index contributed by atoms with van der Waals surface area (Å²) in [6.45, 7) is 19.0. The van der Waals surface area contributed by atoms with Gasteiger partial charge in [0.25, 0.3) is 0 Å². The summed E-state index contributed by atoms with van der Waals surface area (Å²) in [5, 5.41) is 0. The smallest absolute Gasteiger partial charge is 0.0508 e. The molecule has 0 unspecified atom stereocenters. The molecule has 0 atom stereocenters. The first kappa shape index (κ1) is 37.4. The summed E-state index contributed by atoms with van der Waals surface area (Å²) >= 11 is 0. The van der Waals surface area contributed by atoms with Crippen molar-refractivity contribution in [2.45, 2.75) is 71.6 Å². The SMILES string of the molecule is Cc1ccc(N(c2ccccc2)c2ccc3c(c2)C(C)(C)c2ccccc2-3)c2c1-c1c(C)ccc(N(c3ccccc3)c3ccc4c(c3)C(C)(C)c3ccccc3-4)c1C2(C)C. The number of anilines is 6. The van der Waals surface area contributed by atoms with Gasteiger partial charge in [0.1, 0.15) is 0 Å². The van der Waals surface area contributed by atoms with E-state index >= 15 is 0 Å². The number of benzene rings is 8. The van der Waals surface area contributed by atoms with Crippen LogP contribution in [0.15, 0.2) is 170 Å². The molecule has 8 aromatic carbocycles. The fourth-order valence-corrected chi connectivity index (χ4v) is 11.5. The summed E-state index contributed by atoms with van der Waals surface area (Å²) in [5.41, 5.74) is 25.4. The highest BCUT2D eigenvalue weighted by Gasteiger charge is 2.44. The summed E-state index contributed by atoms with van der Waals surface area (Å²) in [4.78, 5) is 5.05. The third kappa shape index (κ3) is 5.27. The fraction of sp³-hybridized carbons (Fsp3) is 0.186. The summed E-state index contributed by atoms with van der Waals surface area (Å²) < 4.78 is 0. The highest BCUT2D eigenvalue weighted by molar-refractivity contribution is 5.98. The Kier molecular flexibility index (Phi) is 8.07. The van der Waals surface area contributed by atoms with Crippen LogP contribution in [0.5, 0.6) is 0 Å². The van der Waals surface area contributed by atoms with E-state index in [1.54, 1.807) is 0 Å². The molecular formula is C59H52N2. The van der Waals surface area contributed by atoms with Crippen LogP contribution in [0.4, 0.5) is 34.1 Å². The third-order valence-electron chi connectivity index (χ3n) is 14.4. The maximum atomic E-state index is 2.52. The molecule has 0 fully saturated rings. The molecule has 0 aromatic heterocycles. The topological polar surface area (TPSA) is 6.48 Å². The van der Waals surface area contributed by atoms with Crippen molar-refractivity contribution in [1.29, 1.82) is 0 Å². The molecule has 3 aliphatic carbocycles. The monoisotopic (exact) mass is 788 g/mol. The van der Waals surface area contributed by atoms with E-state index in [0.717, 1.165) is 11.4 Å². The van der Waals surface area contributed by atoms with E-state index in [9.17, 15) is 0 Å². The molecule has 61 heavy (non-hydrogen) atoms. The molecule has 0 heterocycles. The van der Waals surface area contributed by atoms with Gasteiger partial charge >= 0.3 is 0 Å². The standard InChI is InChI=1S/C59H52N2/c1-37-27-33-51(60(39-19-11-9-12-20-39)41-29-31-45-43-23-15-17-25-47(43)57(3,4)49(45)35-41)55-53(37)54-38(2)28-34-52(56(54)59(55,7)8)61(40-21-13-10-14-22-40)42-30-32-46-44-24-16-18-26-48(44)58(5,6)50(46)36-42/h9-36H,1-8H3. The Morgan fingerprint density at radius 2 is 0.672 bits per heavy atom. The van der Waals surface area contributed by atoms with Crippen molar-refractivity contribution in [1.82, 2.24) is 0 Å². The predicted octanol–water partition coefficient (Wildman–Crippen LogP) is 16.2. The average molecular weight is 789 g/mol. The Hall–Kier alpha value is -6.64. The lowest BCUT2D eigenvalue weighted by atomic mass is 9.79. The zero-order valence-electron chi connectivity index (χ0n) is 36.6. The first-order valence-electron chi connectivity index (χ1n) is 21.9. The number of fused-ring (bicyclic) bond motifs is 9. The molecule has 0 saturated carbocycles. The Morgan fingerprint density at radius 3 is 1.08 bits per heavy atom. The first-order chi connectivity index (χ1) is 29.4.